The molecule has 1 amide bonds. The normalized spacial score (nSPS) is 10.5. The average Bonchev–Trinajstić information content (AvgIpc) is 2.94. The molecule has 9 heteroatoms. The van der Waals surface area contributed by atoms with Crippen LogP contribution in [0.5, 0.6) is 0 Å². The fourth-order valence-electron chi connectivity index (χ4n) is 1.74. The first-order chi connectivity index (χ1) is 12.3. The van der Waals surface area contributed by atoms with E-state index in [2.05, 4.69) is 10.3 Å². The summed E-state index contributed by atoms with van der Waals surface area (Å²) < 4.78 is 14.2. The van der Waals surface area contributed by atoms with Crippen LogP contribution in [0, 0.1) is 11.2 Å². The largest absolute Gasteiger partial charge is 0.402 e. The number of carbonyl (C=O) groups is 2. The number of benzene rings is 1. The van der Waals surface area contributed by atoms with Crippen LogP contribution in [0.15, 0.2) is 42.2 Å². The van der Waals surface area contributed by atoms with Crippen molar-refractivity contribution in [2.75, 3.05) is 11.1 Å². The maximum absolute atomic E-state index is 12.6. The second-order valence-electron chi connectivity index (χ2n) is 5.23. The molecule has 138 valence electrons. The van der Waals surface area contributed by atoms with Crippen molar-refractivity contribution in [2.24, 2.45) is 12.8 Å². The Morgan fingerprint density at radius 2 is 2.00 bits per heavy atom. The minimum atomic E-state index is -0.540. The number of halogens is 1. The highest BCUT2D eigenvalue weighted by Crippen LogP contribution is 2.08. The molecule has 0 saturated carbocycles. The van der Waals surface area contributed by atoms with E-state index in [1.807, 2.05) is 0 Å². The quantitative estimate of drug-likeness (QED) is 0.476. The Bertz CT molecular complexity index is 811. The van der Waals surface area contributed by atoms with Gasteiger partial charge in [0.2, 0.25) is 0 Å². The molecule has 1 heterocycles. The molecule has 0 spiro atoms. The van der Waals surface area contributed by atoms with Gasteiger partial charge in [-0.25, -0.2) is 9.37 Å². The molecule has 0 bridgehead atoms. The fraction of sp³-hybridized carbons (Fsp3) is 0.176. The number of nitrogens with two attached hydrogens (primary N) is 2. The van der Waals surface area contributed by atoms with Crippen LogP contribution in [0.4, 0.5) is 15.9 Å². The summed E-state index contributed by atoms with van der Waals surface area (Å²) in [6, 6.07) is 5.33. The van der Waals surface area contributed by atoms with E-state index in [9.17, 15) is 14.0 Å². The molecule has 6 N–H and O–H groups in total. The van der Waals surface area contributed by atoms with Crippen molar-refractivity contribution in [2.45, 2.75) is 13.3 Å². The number of aromatic nitrogens is 2. The highest BCUT2D eigenvalue weighted by atomic mass is 19.1. The number of imidazole rings is 1. The fourth-order valence-corrected chi connectivity index (χ4v) is 1.74. The maximum atomic E-state index is 12.6. The smallest absolute Gasteiger partial charge is 0.269 e. The van der Waals surface area contributed by atoms with E-state index < -0.39 is 5.91 Å². The van der Waals surface area contributed by atoms with Crippen LogP contribution in [-0.4, -0.2) is 27.5 Å². The van der Waals surface area contributed by atoms with E-state index in [-0.39, 0.29) is 17.9 Å². The molecule has 2 aromatic rings. The van der Waals surface area contributed by atoms with Gasteiger partial charge in [-0.1, -0.05) is 6.08 Å². The van der Waals surface area contributed by atoms with Gasteiger partial charge in [0.25, 0.3) is 5.91 Å². The van der Waals surface area contributed by atoms with Gasteiger partial charge in [-0.2, -0.15) is 0 Å². The highest BCUT2D eigenvalue weighted by Gasteiger charge is 2.10. The molecule has 0 aliphatic rings. The first-order valence-electron chi connectivity index (χ1n) is 7.55. The third-order valence-corrected chi connectivity index (χ3v) is 3.16. The molecule has 8 nitrogen and oxygen atoms in total. The minimum absolute atomic E-state index is 0.101. The molecule has 26 heavy (non-hydrogen) atoms. The second-order valence-corrected chi connectivity index (χ2v) is 5.23. The van der Waals surface area contributed by atoms with Crippen molar-refractivity contribution in [1.29, 1.82) is 5.41 Å². The molecular formula is C17H21FN6O2. The summed E-state index contributed by atoms with van der Waals surface area (Å²) in [5.41, 5.74) is 11.6. The van der Waals surface area contributed by atoms with Crippen molar-refractivity contribution in [3.8, 4) is 0 Å². The van der Waals surface area contributed by atoms with E-state index in [0.29, 0.717) is 29.3 Å². The molecule has 0 aliphatic carbocycles. The number of allylic oxidation sites excluding steroid dienone is 2. The van der Waals surface area contributed by atoms with E-state index in [4.69, 9.17) is 16.9 Å². The standard InChI is InChI=1S/C12H14FN3O.C5H7N3O/c1-2-9(14)7-11(15)12(17)16-10-5-3-8(13)4-6-10;1-8-2-4(6)7-5(8)3-9/h2-6,15H,7,14H2,1H3,(H,16,17);2-3H,6H2,1H3/b9-2+,15-11?;. The second kappa shape index (κ2) is 9.72. The number of aldehydes is 1. The molecule has 0 fully saturated rings. The lowest BCUT2D eigenvalue weighted by Gasteiger charge is -2.06. The van der Waals surface area contributed by atoms with Gasteiger partial charge in [0.05, 0.1) is 0 Å². The lowest BCUT2D eigenvalue weighted by molar-refractivity contribution is -0.110. The summed E-state index contributed by atoms with van der Waals surface area (Å²) in [6.07, 6.45) is 3.99. The van der Waals surface area contributed by atoms with Crippen LogP contribution >= 0.6 is 0 Å². The number of rotatable bonds is 5. The Morgan fingerprint density at radius 1 is 1.38 bits per heavy atom. The van der Waals surface area contributed by atoms with E-state index in [1.54, 1.807) is 30.8 Å². The molecule has 0 saturated heterocycles. The van der Waals surface area contributed by atoms with Gasteiger partial charge < -0.3 is 21.4 Å². The monoisotopic (exact) mass is 360 g/mol. The highest BCUT2D eigenvalue weighted by molar-refractivity contribution is 6.42. The van der Waals surface area contributed by atoms with E-state index in [0.717, 1.165) is 0 Å². The maximum Gasteiger partial charge on any atom is 0.269 e. The Morgan fingerprint density at radius 3 is 2.42 bits per heavy atom. The van der Waals surface area contributed by atoms with Crippen molar-refractivity contribution in [3.05, 3.63) is 53.9 Å². The van der Waals surface area contributed by atoms with Crippen LogP contribution in [0.1, 0.15) is 24.0 Å². The number of amides is 1. The van der Waals surface area contributed by atoms with Gasteiger partial charge in [-0.15, -0.1) is 0 Å². The number of carbonyl (C=O) groups excluding carboxylic acids is 2. The van der Waals surface area contributed by atoms with Gasteiger partial charge in [-0.3, -0.25) is 15.0 Å². The van der Waals surface area contributed by atoms with Crippen molar-refractivity contribution in [1.82, 2.24) is 9.55 Å². The number of hydrogen-bond donors (Lipinski definition) is 4. The van der Waals surface area contributed by atoms with Crippen LogP contribution in [-0.2, 0) is 11.8 Å². The van der Waals surface area contributed by atoms with E-state index >= 15 is 0 Å². The number of nitrogens with one attached hydrogen (secondary N) is 2. The van der Waals surface area contributed by atoms with Gasteiger partial charge in [0.1, 0.15) is 17.3 Å². The van der Waals surface area contributed by atoms with Crippen molar-refractivity contribution >= 4 is 29.4 Å². The first-order valence-corrected chi connectivity index (χ1v) is 7.55. The number of nitrogens with zero attached hydrogens (tertiary/aromatic N) is 2. The van der Waals surface area contributed by atoms with Gasteiger partial charge in [0, 0.05) is 31.0 Å². The zero-order valence-corrected chi connectivity index (χ0v) is 14.5. The Labute approximate surface area is 150 Å². The molecule has 2 rings (SSSR count). The molecule has 0 aliphatic heterocycles. The summed E-state index contributed by atoms with van der Waals surface area (Å²) in [4.78, 5) is 25.3. The lowest BCUT2D eigenvalue weighted by Crippen LogP contribution is -2.23. The van der Waals surface area contributed by atoms with Crippen molar-refractivity contribution in [3.63, 3.8) is 0 Å². The zero-order chi connectivity index (χ0) is 19.7. The average molecular weight is 360 g/mol. The summed E-state index contributed by atoms with van der Waals surface area (Å²) in [5.74, 6) is -0.190. The molecule has 0 atom stereocenters. The molecule has 0 unspecified atom stereocenters. The van der Waals surface area contributed by atoms with Gasteiger partial charge >= 0.3 is 0 Å². The summed E-state index contributed by atoms with van der Waals surface area (Å²) in [6.45, 7) is 1.74. The number of anilines is 2. The van der Waals surface area contributed by atoms with E-state index in [1.165, 1.54) is 24.3 Å². The van der Waals surface area contributed by atoms with Crippen LogP contribution in [0.25, 0.3) is 0 Å². The van der Waals surface area contributed by atoms with Crippen LogP contribution in [0.2, 0.25) is 0 Å². The van der Waals surface area contributed by atoms with Crippen LogP contribution in [0.3, 0.4) is 0 Å². The topological polar surface area (TPSA) is 140 Å². The molecule has 0 radical (unpaired) electrons. The Balaban J connectivity index is 0.000000314. The number of nitrogen functional groups attached to an aromatic ring is 1. The predicted octanol–water partition coefficient (Wildman–Crippen LogP) is 1.85. The zero-order valence-electron chi connectivity index (χ0n) is 14.5. The van der Waals surface area contributed by atoms with Crippen molar-refractivity contribution < 1.29 is 14.0 Å². The van der Waals surface area contributed by atoms with Crippen LogP contribution < -0.4 is 16.8 Å². The molecular weight excluding hydrogens is 339 g/mol. The summed E-state index contributed by atoms with van der Waals surface area (Å²) in [7, 11) is 1.72. The van der Waals surface area contributed by atoms with Gasteiger partial charge in [-0.05, 0) is 31.2 Å². The lowest BCUT2D eigenvalue weighted by atomic mass is 10.2. The SMILES string of the molecule is C/C=C(/N)CC(=N)C(=O)Nc1ccc(F)cc1.Cn1cc(N)nc1C=O. The third-order valence-electron chi connectivity index (χ3n) is 3.16. The summed E-state index contributed by atoms with van der Waals surface area (Å²) >= 11 is 0. The molecule has 1 aromatic carbocycles. The number of hydrogen-bond acceptors (Lipinski definition) is 6. The third kappa shape index (κ3) is 6.56. The minimum Gasteiger partial charge on any atom is -0.402 e. The Hall–Kier alpha value is -3.49. The predicted molar refractivity (Wildman–Crippen MR) is 98.3 cm³/mol. The number of aryl methyl sites for hydroxylation is 1. The molecule has 1 aromatic heterocycles. The van der Waals surface area contributed by atoms with Gasteiger partial charge in [0.15, 0.2) is 12.1 Å². The Kier molecular flexibility index (Phi) is 7.68. The first kappa shape index (κ1) is 20.6. The summed E-state index contributed by atoms with van der Waals surface area (Å²) in [5, 5.41) is 10.00.